The zero-order valence-corrected chi connectivity index (χ0v) is 9.59. The van der Waals surface area contributed by atoms with Gasteiger partial charge in [-0.2, -0.15) is 0 Å². The number of hydrogen-bond acceptors (Lipinski definition) is 2. The molecular formula is C13H16FNO. The number of furan rings is 1. The van der Waals surface area contributed by atoms with Crippen molar-refractivity contribution < 1.29 is 8.81 Å². The quantitative estimate of drug-likeness (QED) is 0.858. The number of rotatable bonds is 3. The molecule has 2 aromatic rings. The molecule has 0 aliphatic carbocycles. The molecule has 86 valence electrons. The lowest BCUT2D eigenvalue weighted by atomic mass is 10.1. The molecule has 0 amide bonds. The lowest BCUT2D eigenvalue weighted by Crippen LogP contribution is -2.08. The number of benzene rings is 1. The van der Waals surface area contributed by atoms with Gasteiger partial charge in [0.05, 0.1) is 6.04 Å². The Labute approximate surface area is 94.2 Å². The van der Waals surface area contributed by atoms with Crippen molar-refractivity contribution in [2.75, 3.05) is 0 Å². The molecule has 0 saturated carbocycles. The third-order valence-corrected chi connectivity index (χ3v) is 2.80. The number of halogens is 1. The molecule has 0 fully saturated rings. The average molecular weight is 221 g/mol. The summed E-state index contributed by atoms with van der Waals surface area (Å²) in [5.74, 6) is 0.383. The topological polar surface area (TPSA) is 39.2 Å². The fourth-order valence-corrected chi connectivity index (χ4v) is 1.82. The Morgan fingerprint density at radius 1 is 1.44 bits per heavy atom. The molecule has 2 rings (SSSR count). The molecule has 2 N–H and O–H groups in total. The molecule has 0 aliphatic rings. The lowest BCUT2D eigenvalue weighted by molar-refractivity contribution is 0.462. The predicted molar refractivity (Wildman–Crippen MR) is 62.7 cm³/mol. The zero-order valence-electron chi connectivity index (χ0n) is 9.59. The van der Waals surface area contributed by atoms with Crippen molar-refractivity contribution in [3.8, 4) is 0 Å². The monoisotopic (exact) mass is 221 g/mol. The van der Waals surface area contributed by atoms with Gasteiger partial charge in [-0.1, -0.05) is 25.5 Å². The number of nitrogens with two attached hydrogens (primary N) is 1. The molecule has 1 heterocycles. The van der Waals surface area contributed by atoms with E-state index in [1.807, 2.05) is 12.1 Å². The number of aryl methyl sites for hydroxylation is 1. The molecule has 0 bridgehead atoms. The van der Waals surface area contributed by atoms with Crippen LogP contribution in [-0.2, 0) is 0 Å². The van der Waals surface area contributed by atoms with E-state index in [9.17, 15) is 4.39 Å². The van der Waals surface area contributed by atoms with E-state index in [-0.39, 0.29) is 11.9 Å². The predicted octanol–water partition coefficient (Wildman–Crippen LogP) is 3.68. The van der Waals surface area contributed by atoms with Crippen LogP contribution in [0.25, 0.3) is 11.0 Å². The van der Waals surface area contributed by atoms with E-state index in [2.05, 4.69) is 6.92 Å². The van der Waals surface area contributed by atoms with Crippen LogP contribution in [0.3, 0.4) is 0 Å². The lowest BCUT2D eigenvalue weighted by Gasteiger charge is -2.05. The minimum Gasteiger partial charge on any atom is -0.456 e. The Morgan fingerprint density at radius 2 is 2.19 bits per heavy atom. The van der Waals surface area contributed by atoms with Crippen LogP contribution < -0.4 is 5.73 Å². The second-order valence-corrected chi connectivity index (χ2v) is 4.16. The summed E-state index contributed by atoms with van der Waals surface area (Å²) >= 11 is 0. The molecule has 0 radical (unpaired) electrons. The number of fused-ring (bicyclic) bond motifs is 1. The van der Waals surface area contributed by atoms with Crippen molar-refractivity contribution in [1.29, 1.82) is 0 Å². The first kappa shape index (κ1) is 11.1. The minimum absolute atomic E-state index is 0.142. The third-order valence-electron chi connectivity index (χ3n) is 2.80. The van der Waals surface area contributed by atoms with Crippen LogP contribution in [0.15, 0.2) is 22.6 Å². The van der Waals surface area contributed by atoms with Crippen molar-refractivity contribution >= 4 is 11.0 Å². The Hall–Kier alpha value is -1.35. The van der Waals surface area contributed by atoms with E-state index in [0.717, 1.165) is 18.2 Å². The van der Waals surface area contributed by atoms with E-state index >= 15 is 0 Å². The van der Waals surface area contributed by atoms with Gasteiger partial charge in [0.25, 0.3) is 0 Å². The maximum Gasteiger partial charge on any atom is 0.170 e. The van der Waals surface area contributed by atoms with E-state index in [1.165, 1.54) is 0 Å². The Bertz CT molecular complexity index is 504. The maximum atomic E-state index is 13.7. The molecule has 16 heavy (non-hydrogen) atoms. The van der Waals surface area contributed by atoms with Gasteiger partial charge >= 0.3 is 0 Å². The highest BCUT2D eigenvalue weighted by molar-refractivity contribution is 5.79. The van der Waals surface area contributed by atoms with Crippen LogP contribution in [0, 0.1) is 12.7 Å². The maximum absolute atomic E-state index is 13.7. The average Bonchev–Trinajstić information content (AvgIpc) is 2.69. The minimum atomic E-state index is -0.285. The zero-order chi connectivity index (χ0) is 11.7. The van der Waals surface area contributed by atoms with Crippen LogP contribution in [0.5, 0.6) is 0 Å². The van der Waals surface area contributed by atoms with E-state index < -0.39 is 0 Å². The molecule has 0 saturated heterocycles. The molecule has 3 heteroatoms. The van der Waals surface area contributed by atoms with Crippen LogP contribution in [0.2, 0.25) is 0 Å². The van der Waals surface area contributed by atoms with E-state index in [0.29, 0.717) is 16.9 Å². The molecule has 1 aromatic carbocycles. The van der Waals surface area contributed by atoms with Crippen molar-refractivity contribution in [2.24, 2.45) is 5.73 Å². The molecule has 1 unspecified atom stereocenters. The number of hydrogen-bond donors (Lipinski definition) is 1. The van der Waals surface area contributed by atoms with E-state index in [4.69, 9.17) is 10.2 Å². The van der Waals surface area contributed by atoms with Gasteiger partial charge in [-0.25, -0.2) is 4.39 Å². The first-order chi connectivity index (χ1) is 7.63. The third kappa shape index (κ3) is 1.83. The van der Waals surface area contributed by atoms with Crippen LogP contribution in [0.4, 0.5) is 4.39 Å². The normalized spacial score (nSPS) is 13.2. The van der Waals surface area contributed by atoms with Crippen molar-refractivity contribution in [3.05, 3.63) is 35.3 Å². The summed E-state index contributed by atoms with van der Waals surface area (Å²) < 4.78 is 19.2. The molecule has 0 spiro atoms. The second kappa shape index (κ2) is 4.26. The highest BCUT2D eigenvalue weighted by Crippen LogP contribution is 2.28. The molecule has 2 nitrogen and oxygen atoms in total. The first-order valence-corrected chi connectivity index (χ1v) is 5.57. The largest absolute Gasteiger partial charge is 0.456 e. The van der Waals surface area contributed by atoms with Gasteiger partial charge in [0, 0.05) is 5.39 Å². The van der Waals surface area contributed by atoms with Gasteiger partial charge in [-0.3, -0.25) is 0 Å². The summed E-state index contributed by atoms with van der Waals surface area (Å²) in [5.41, 5.74) is 6.86. The summed E-state index contributed by atoms with van der Waals surface area (Å²) in [6, 6.07) is 5.30. The Kier molecular flexibility index (Phi) is 2.97. The second-order valence-electron chi connectivity index (χ2n) is 4.16. The highest BCUT2D eigenvalue weighted by Gasteiger charge is 2.14. The van der Waals surface area contributed by atoms with Crippen LogP contribution >= 0.6 is 0 Å². The van der Waals surface area contributed by atoms with Gasteiger partial charge in [0.1, 0.15) is 5.76 Å². The fraction of sp³-hybridized carbons (Fsp3) is 0.385. The SMILES string of the molecule is CCCC(N)c1cc2ccc(C)c(F)c2o1. The summed E-state index contributed by atoms with van der Waals surface area (Å²) in [6.45, 7) is 3.79. The molecular weight excluding hydrogens is 205 g/mol. The Balaban J connectivity index is 2.48. The summed E-state index contributed by atoms with van der Waals surface area (Å²) in [7, 11) is 0. The van der Waals surface area contributed by atoms with Gasteiger partial charge in [0.2, 0.25) is 0 Å². The molecule has 0 aliphatic heterocycles. The van der Waals surface area contributed by atoms with Crippen LogP contribution in [0.1, 0.15) is 37.1 Å². The van der Waals surface area contributed by atoms with Gasteiger partial charge in [0.15, 0.2) is 11.4 Å². The smallest absolute Gasteiger partial charge is 0.170 e. The van der Waals surface area contributed by atoms with Gasteiger partial charge in [-0.15, -0.1) is 0 Å². The van der Waals surface area contributed by atoms with Crippen molar-refractivity contribution in [3.63, 3.8) is 0 Å². The first-order valence-electron chi connectivity index (χ1n) is 5.57. The summed E-state index contributed by atoms with van der Waals surface area (Å²) in [5, 5.41) is 0.782. The Morgan fingerprint density at radius 3 is 2.88 bits per heavy atom. The van der Waals surface area contributed by atoms with Crippen LogP contribution in [-0.4, -0.2) is 0 Å². The van der Waals surface area contributed by atoms with Crippen molar-refractivity contribution in [1.82, 2.24) is 0 Å². The standard InChI is InChI=1S/C13H16FNO/c1-3-4-10(15)11-7-9-6-5-8(2)12(14)13(9)16-11/h5-7,10H,3-4,15H2,1-2H3. The molecule has 1 aromatic heterocycles. The van der Waals surface area contributed by atoms with Gasteiger partial charge in [-0.05, 0) is 25.0 Å². The van der Waals surface area contributed by atoms with Crippen molar-refractivity contribution in [2.45, 2.75) is 32.7 Å². The van der Waals surface area contributed by atoms with Gasteiger partial charge < -0.3 is 10.2 Å². The van der Waals surface area contributed by atoms with E-state index in [1.54, 1.807) is 13.0 Å². The molecule has 1 atom stereocenters. The highest BCUT2D eigenvalue weighted by atomic mass is 19.1. The summed E-state index contributed by atoms with van der Waals surface area (Å²) in [4.78, 5) is 0. The fourth-order valence-electron chi connectivity index (χ4n) is 1.82. The summed E-state index contributed by atoms with van der Waals surface area (Å²) in [6.07, 6.45) is 1.83.